The van der Waals surface area contributed by atoms with Crippen molar-refractivity contribution in [2.75, 3.05) is 27.4 Å². The molecule has 1 aliphatic heterocycles. The van der Waals surface area contributed by atoms with Gasteiger partial charge in [-0.25, -0.2) is 0 Å². The van der Waals surface area contributed by atoms with Gasteiger partial charge in [-0.05, 0) is 42.9 Å². The van der Waals surface area contributed by atoms with Gasteiger partial charge in [0.25, 0.3) is 0 Å². The average Bonchev–Trinajstić information content (AvgIpc) is 3.16. The summed E-state index contributed by atoms with van der Waals surface area (Å²) in [4.78, 5) is 25.6. The zero-order valence-electron chi connectivity index (χ0n) is 20.1. The Morgan fingerprint density at radius 2 is 1.88 bits per heavy atom. The van der Waals surface area contributed by atoms with E-state index in [1.165, 1.54) is 0 Å². The van der Waals surface area contributed by atoms with Gasteiger partial charge in [-0.15, -0.1) is 0 Å². The topological polar surface area (TPSA) is 71.1 Å². The largest absolute Gasteiger partial charge is 0.493 e. The molecule has 0 aromatic heterocycles. The molecule has 1 fully saturated rings. The Bertz CT molecular complexity index is 763. The Balaban J connectivity index is 2.13. The number of carbonyl (C=O) groups excluding carboxylic acids is 2. The van der Waals surface area contributed by atoms with Gasteiger partial charge in [0.15, 0.2) is 17.3 Å². The Morgan fingerprint density at radius 1 is 1.16 bits per heavy atom. The molecule has 0 amide bonds. The molecule has 1 heterocycles. The summed E-state index contributed by atoms with van der Waals surface area (Å²) in [5.41, 5.74) is 0.592. The van der Waals surface area contributed by atoms with Crippen molar-refractivity contribution in [2.45, 2.75) is 57.9 Å². The second-order valence-electron chi connectivity index (χ2n) is 9.09. The van der Waals surface area contributed by atoms with Crippen molar-refractivity contribution in [2.24, 2.45) is 23.7 Å². The fraction of sp³-hybridized carbons (Fsp3) is 0.680. The summed E-state index contributed by atoms with van der Waals surface area (Å²) in [6.07, 6.45) is 1.82. The minimum absolute atomic E-state index is 0.0542. The number of halogens is 1. The number of Topliss-reactive ketones (excluding diaryl/α,β-unsaturated/α-hetero) is 1. The number of alkyl halides is 1. The lowest BCUT2D eigenvalue weighted by atomic mass is 9.82. The molecule has 2 rings (SSSR count). The molecule has 1 unspecified atom stereocenters. The van der Waals surface area contributed by atoms with Crippen LogP contribution in [0.5, 0.6) is 11.5 Å². The Labute approximate surface area is 200 Å². The van der Waals surface area contributed by atoms with E-state index >= 15 is 0 Å². The van der Waals surface area contributed by atoms with Gasteiger partial charge in [0.05, 0.1) is 24.5 Å². The number of methoxy groups -OCH3 is 2. The number of ketones is 1. The van der Waals surface area contributed by atoms with E-state index in [0.29, 0.717) is 43.1 Å². The summed E-state index contributed by atoms with van der Waals surface area (Å²) in [6, 6.07) is 5.32. The molecule has 0 radical (unpaired) electrons. The van der Waals surface area contributed by atoms with E-state index in [0.717, 1.165) is 6.42 Å². The highest BCUT2D eigenvalue weighted by molar-refractivity contribution is 9.09. The Morgan fingerprint density at radius 3 is 2.44 bits per heavy atom. The fourth-order valence-corrected chi connectivity index (χ4v) is 4.74. The van der Waals surface area contributed by atoms with Crippen molar-refractivity contribution in [1.29, 1.82) is 0 Å². The number of carbonyl (C=O) groups is 2. The summed E-state index contributed by atoms with van der Waals surface area (Å²) in [6.45, 7) is 9.25. The average molecular weight is 513 g/mol. The van der Waals surface area contributed by atoms with Crippen LogP contribution in [0.3, 0.4) is 0 Å². The summed E-state index contributed by atoms with van der Waals surface area (Å²) in [7, 11) is 3.23. The van der Waals surface area contributed by atoms with Crippen LogP contribution in [0, 0.1) is 23.7 Å². The third-order valence-corrected chi connectivity index (χ3v) is 7.05. The number of ether oxygens (including phenoxy) is 4. The van der Waals surface area contributed by atoms with Gasteiger partial charge in [-0.2, -0.15) is 0 Å². The van der Waals surface area contributed by atoms with Crippen molar-refractivity contribution in [3.05, 3.63) is 23.8 Å². The number of hydrogen-bond acceptors (Lipinski definition) is 6. The second kappa shape index (κ2) is 12.6. The molecule has 1 aliphatic rings. The van der Waals surface area contributed by atoms with Gasteiger partial charge in [0, 0.05) is 31.6 Å². The lowest BCUT2D eigenvalue weighted by molar-refractivity contribution is -0.145. The maximum Gasteiger partial charge on any atom is 0.309 e. The molecule has 0 spiro atoms. The van der Waals surface area contributed by atoms with E-state index in [9.17, 15) is 9.59 Å². The van der Waals surface area contributed by atoms with Crippen LogP contribution < -0.4 is 9.47 Å². The highest BCUT2D eigenvalue weighted by Crippen LogP contribution is 2.36. The lowest BCUT2D eigenvalue weighted by Gasteiger charge is -2.25. The van der Waals surface area contributed by atoms with Gasteiger partial charge >= 0.3 is 5.97 Å². The standard InChI is InChI=1S/C25H37BrO6/c1-15(2)18(13-20(26)22-14-19(16(3)4)25(28)32-22)24(27)17-8-9-21(30-6)23(12-17)31-11-7-10-29-5/h8-9,12,15-16,18-20,22H,7,10-11,13-14H2,1-6H3/t18-,19-,20?,22-/m0/s1. The monoisotopic (exact) mass is 512 g/mol. The van der Waals surface area contributed by atoms with Crippen LogP contribution in [0.25, 0.3) is 0 Å². The first kappa shape index (κ1) is 26.7. The molecule has 0 aliphatic carbocycles. The van der Waals surface area contributed by atoms with Crippen molar-refractivity contribution >= 4 is 27.7 Å². The van der Waals surface area contributed by atoms with E-state index in [-0.39, 0.29) is 46.4 Å². The van der Waals surface area contributed by atoms with Gasteiger partial charge in [0.1, 0.15) is 6.10 Å². The molecule has 4 atom stereocenters. The summed E-state index contributed by atoms with van der Waals surface area (Å²) in [5, 5.41) is 0. The summed E-state index contributed by atoms with van der Waals surface area (Å²) >= 11 is 3.72. The first-order chi connectivity index (χ1) is 15.2. The maximum absolute atomic E-state index is 13.5. The molecule has 32 heavy (non-hydrogen) atoms. The van der Waals surface area contributed by atoms with Gasteiger partial charge in [-0.1, -0.05) is 43.6 Å². The predicted molar refractivity (Wildman–Crippen MR) is 128 cm³/mol. The predicted octanol–water partition coefficient (Wildman–Crippen LogP) is 5.31. The van der Waals surface area contributed by atoms with Crippen LogP contribution in [0.15, 0.2) is 18.2 Å². The molecular weight excluding hydrogens is 476 g/mol. The van der Waals surface area contributed by atoms with Gasteiger partial charge < -0.3 is 18.9 Å². The van der Waals surface area contributed by atoms with Crippen LogP contribution in [0.4, 0.5) is 0 Å². The number of benzene rings is 1. The zero-order valence-corrected chi connectivity index (χ0v) is 21.6. The van der Waals surface area contributed by atoms with Crippen molar-refractivity contribution in [3.8, 4) is 11.5 Å². The Kier molecular flexibility index (Phi) is 10.5. The molecule has 0 bridgehead atoms. The first-order valence-electron chi connectivity index (χ1n) is 11.4. The second-order valence-corrected chi connectivity index (χ2v) is 10.3. The number of hydrogen-bond donors (Lipinski definition) is 0. The summed E-state index contributed by atoms with van der Waals surface area (Å²) < 4.78 is 21.9. The molecule has 1 aromatic carbocycles. The van der Waals surface area contributed by atoms with E-state index < -0.39 is 0 Å². The fourth-order valence-electron chi connectivity index (χ4n) is 4.02. The highest BCUT2D eigenvalue weighted by Gasteiger charge is 2.41. The normalized spacial score (nSPS) is 20.3. The van der Waals surface area contributed by atoms with E-state index in [1.54, 1.807) is 32.4 Å². The molecule has 6 nitrogen and oxygen atoms in total. The SMILES string of the molecule is COCCCOc1cc(C(=O)[C@@H](CC(Br)[C@@H]2C[C@@H](C(C)C)C(=O)O2)C(C)C)ccc1OC. The smallest absolute Gasteiger partial charge is 0.309 e. The van der Waals surface area contributed by atoms with Crippen molar-refractivity contribution in [1.82, 2.24) is 0 Å². The number of rotatable bonds is 13. The number of esters is 1. The van der Waals surface area contributed by atoms with E-state index in [1.807, 2.05) is 27.7 Å². The first-order valence-corrected chi connectivity index (χ1v) is 12.3. The van der Waals surface area contributed by atoms with E-state index in [4.69, 9.17) is 18.9 Å². The third kappa shape index (κ3) is 6.95. The Hall–Kier alpha value is -1.60. The zero-order chi connectivity index (χ0) is 23.8. The highest BCUT2D eigenvalue weighted by atomic mass is 79.9. The molecule has 0 saturated carbocycles. The molecule has 1 saturated heterocycles. The third-order valence-electron chi connectivity index (χ3n) is 6.08. The van der Waals surface area contributed by atoms with Crippen molar-refractivity contribution < 1.29 is 28.5 Å². The van der Waals surface area contributed by atoms with Crippen LogP contribution >= 0.6 is 15.9 Å². The lowest BCUT2D eigenvalue weighted by Crippen LogP contribution is -2.29. The van der Waals surface area contributed by atoms with Gasteiger partial charge in [0.2, 0.25) is 0 Å². The minimum atomic E-state index is -0.217. The number of cyclic esters (lactones) is 1. The molecule has 1 aromatic rings. The van der Waals surface area contributed by atoms with Crippen LogP contribution in [0.2, 0.25) is 0 Å². The minimum Gasteiger partial charge on any atom is -0.493 e. The van der Waals surface area contributed by atoms with Crippen molar-refractivity contribution in [3.63, 3.8) is 0 Å². The quantitative estimate of drug-likeness (QED) is 0.154. The van der Waals surface area contributed by atoms with Crippen LogP contribution in [0.1, 0.15) is 57.3 Å². The van der Waals surface area contributed by atoms with Crippen LogP contribution in [-0.4, -0.2) is 50.1 Å². The van der Waals surface area contributed by atoms with Crippen LogP contribution in [-0.2, 0) is 14.3 Å². The molecular formula is C25H37BrO6. The van der Waals surface area contributed by atoms with E-state index in [2.05, 4.69) is 15.9 Å². The molecule has 7 heteroatoms. The summed E-state index contributed by atoms with van der Waals surface area (Å²) in [5.74, 6) is 1.15. The maximum atomic E-state index is 13.5. The molecule has 180 valence electrons. The van der Waals surface area contributed by atoms with Gasteiger partial charge in [-0.3, -0.25) is 9.59 Å². The molecule has 0 N–H and O–H groups in total.